The van der Waals surface area contributed by atoms with E-state index >= 15 is 0 Å². The van der Waals surface area contributed by atoms with E-state index in [1.165, 1.54) is 22.7 Å². The van der Waals surface area contributed by atoms with Gasteiger partial charge in [-0.3, -0.25) is 0 Å². The van der Waals surface area contributed by atoms with E-state index < -0.39 is 0 Å². The summed E-state index contributed by atoms with van der Waals surface area (Å²) in [6, 6.07) is 10.4. The Morgan fingerprint density at radius 3 is 2.96 bits per heavy atom. The highest BCUT2D eigenvalue weighted by Crippen LogP contribution is 2.37. The van der Waals surface area contributed by atoms with E-state index in [0.717, 1.165) is 52.5 Å². The topological polar surface area (TPSA) is 41.1 Å². The molecular formula is C17H17ClN4S. The third kappa shape index (κ3) is 2.69. The van der Waals surface area contributed by atoms with Gasteiger partial charge in [0.2, 0.25) is 0 Å². The minimum absolute atomic E-state index is 0.802. The maximum absolute atomic E-state index is 6.57. The van der Waals surface area contributed by atoms with Crippen LogP contribution in [0.3, 0.4) is 0 Å². The number of fused-ring (bicyclic) bond motifs is 2. The number of nitrogens with one attached hydrogen (secondary N) is 1. The Hall–Kier alpha value is -1.69. The van der Waals surface area contributed by atoms with Crippen molar-refractivity contribution in [3.63, 3.8) is 0 Å². The van der Waals surface area contributed by atoms with Gasteiger partial charge in [0.15, 0.2) is 0 Å². The van der Waals surface area contributed by atoms with Crippen LogP contribution in [-0.2, 0) is 12.8 Å². The van der Waals surface area contributed by atoms with Gasteiger partial charge in [-0.1, -0.05) is 22.2 Å². The maximum Gasteiger partial charge on any atom is 0.106 e. The van der Waals surface area contributed by atoms with Crippen LogP contribution in [0.25, 0.3) is 10.2 Å². The lowest BCUT2D eigenvalue weighted by atomic mass is 10.00. The Morgan fingerprint density at radius 1 is 1.17 bits per heavy atom. The average Bonchev–Trinajstić information content (AvgIpc) is 2.90. The van der Waals surface area contributed by atoms with Crippen molar-refractivity contribution in [1.82, 2.24) is 14.9 Å². The first-order valence-corrected chi connectivity index (χ1v) is 8.86. The molecule has 0 saturated heterocycles. The molecule has 0 aliphatic carbocycles. The van der Waals surface area contributed by atoms with E-state index in [9.17, 15) is 0 Å². The number of nitrogens with zero attached hydrogens (tertiary/aromatic N) is 3. The molecule has 23 heavy (non-hydrogen) atoms. The fourth-order valence-corrected chi connectivity index (χ4v) is 4.09. The number of halogens is 1. The second kappa shape index (κ2) is 6.07. The predicted molar refractivity (Wildman–Crippen MR) is 97.2 cm³/mol. The summed E-state index contributed by atoms with van der Waals surface area (Å²) in [7, 11) is 2.08. The van der Waals surface area contributed by atoms with Gasteiger partial charge >= 0.3 is 0 Å². The standard InChI is InChI=1S/C17H17ClN4S/c1-22(12-3-5-15-16(10-12)23-21-20-15)17-13-7-9-19-8-6-11(13)2-4-14(17)18/h2-5,10,19H,6-9H2,1H3. The quantitative estimate of drug-likeness (QED) is 0.767. The van der Waals surface area contributed by atoms with E-state index in [4.69, 9.17) is 11.6 Å². The number of hydrogen-bond donors (Lipinski definition) is 1. The minimum Gasteiger partial charge on any atom is -0.343 e. The zero-order chi connectivity index (χ0) is 15.8. The van der Waals surface area contributed by atoms with E-state index in [-0.39, 0.29) is 0 Å². The number of hydrogen-bond acceptors (Lipinski definition) is 5. The largest absolute Gasteiger partial charge is 0.343 e. The Bertz CT molecular complexity index is 861. The van der Waals surface area contributed by atoms with E-state index in [0.29, 0.717) is 0 Å². The Balaban J connectivity index is 1.82. The first-order valence-electron chi connectivity index (χ1n) is 7.71. The SMILES string of the molecule is CN(c1ccc2nnsc2c1)c1c(Cl)ccc2c1CCNCC2. The summed E-state index contributed by atoms with van der Waals surface area (Å²) in [6.45, 7) is 2.02. The molecule has 1 aromatic heterocycles. The first-order chi connectivity index (χ1) is 11.2. The van der Waals surface area contributed by atoms with E-state index in [1.54, 1.807) is 0 Å². The predicted octanol–water partition coefficient (Wildman–Crippen LogP) is 3.80. The van der Waals surface area contributed by atoms with Crippen molar-refractivity contribution in [2.75, 3.05) is 25.0 Å². The van der Waals surface area contributed by atoms with Crippen molar-refractivity contribution in [2.24, 2.45) is 0 Å². The zero-order valence-electron chi connectivity index (χ0n) is 12.8. The average molecular weight is 345 g/mol. The van der Waals surface area contributed by atoms with Gasteiger partial charge in [0.05, 0.1) is 15.4 Å². The van der Waals surface area contributed by atoms with Crippen molar-refractivity contribution < 1.29 is 0 Å². The van der Waals surface area contributed by atoms with Crippen LogP contribution in [-0.4, -0.2) is 29.7 Å². The van der Waals surface area contributed by atoms with Gasteiger partial charge in [-0.05, 0) is 72.9 Å². The van der Waals surface area contributed by atoms with Crippen molar-refractivity contribution in [1.29, 1.82) is 0 Å². The summed E-state index contributed by atoms with van der Waals surface area (Å²) in [5.74, 6) is 0. The van der Waals surface area contributed by atoms with Gasteiger partial charge in [-0.25, -0.2) is 0 Å². The lowest BCUT2D eigenvalue weighted by molar-refractivity contribution is 0.711. The summed E-state index contributed by atoms with van der Waals surface area (Å²) in [4.78, 5) is 2.19. The molecule has 1 aliphatic heterocycles. The smallest absolute Gasteiger partial charge is 0.106 e. The highest BCUT2D eigenvalue weighted by Gasteiger charge is 2.19. The molecule has 1 N–H and O–H groups in total. The van der Waals surface area contributed by atoms with Gasteiger partial charge in [0.1, 0.15) is 5.52 Å². The van der Waals surface area contributed by atoms with Gasteiger partial charge in [0.25, 0.3) is 0 Å². The second-order valence-corrected chi connectivity index (χ2v) is 6.96. The molecule has 0 saturated carbocycles. The van der Waals surface area contributed by atoms with Gasteiger partial charge in [-0.15, -0.1) is 5.10 Å². The fraction of sp³-hybridized carbons (Fsp3) is 0.294. The zero-order valence-corrected chi connectivity index (χ0v) is 14.4. The number of benzene rings is 2. The highest BCUT2D eigenvalue weighted by molar-refractivity contribution is 7.12. The molecule has 2 aromatic carbocycles. The highest BCUT2D eigenvalue weighted by atomic mass is 35.5. The summed E-state index contributed by atoms with van der Waals surface area (Å²) >= 11 is 7.99. The molecule has 118 valence electrons. The van der Waals surface area contributed by atoms with Crippen molar-refractivity contribution in [3.8, 4) is 0 Å². The fourth-order valence-electron chi connectivity index (χ4n) is 3.19. The van der Waals surface area contributed by atoms with Crippen molar-refractivity contribution >= 4 is 44.7 Å². The molecule has 3 aromatic rings. The lowest BCUT2D eigenvalue weighted by Gasteiger charge is -2.25. The number of rotatable bonds is 2. The van der Waals surface area contributed by atoms with Gasteiger partial charge in [-0.2, -0.15) is 0 Å². The molecule has 0 bridgehead atoms. The van der Waals surface area contributed by atoms with Crippen LogP contribution < -0.4 is 10.2 Å². The Labute approximate surface area is 144 Å². The third-order valence-electron chi connectivity index (χ3n) is 4.41. The molecule has 2 heterocycles. The molecule has 0 atom stereocenters. The second-order valence-electron chi connectivity index (χ2n) is 5.77. The van der Waals surface area contributed by atoms with Crippen LogP contribution in [0.5, 0.6) is 0 Å². The molecular weight excluding hydrogens is 328 g/mol. The van der Waals surface area contributed by atoms with Crippen molar-refractivity contribution in [3.05, 3.63) is 46.5 Å². The summed E-state index contributed by atoms with van der Waals surface area (Å²) in [5.41, 5.74) is 5.91. The first kappa shape index (κ1) is 14.9. The Kier molecular flexibility index (Phi) is 3.93. The Morgan fingerprint density at radius 2 is 2.04 bits per heavy atom. The van der Waals surface area contributed by atoms with Gasteiger partial charge in [0, 0.05) is 12.7 Å². The maximum atomic E-state index is 6.57. The minimum atomic E-state index is 0.802. The van der Waals surface area contributed by atoms with E-state index in [1.807, 2.05) is 12.1 Å². The van der Waals surface area contributed by atoms with Crippen LogP contribution in [0.15, 0.2) is 30.3 Å². The van der Waals surface area contributed by atoms with Crippen molar-refractivity contribution in [2.45, 2.75) is 12.8 Å². The normalized spacial score (nSPS) is 14.5. The van der Waals surface area contributed by atoms with Crippen LogP contribution in [0.4, 0.5) is 11.4 Å². The number of anilines is 2. The monoisotopic (exact) mass is 344 g/mol. The molecule has 6 heteroatoms. The van der Waals surface area contributed by atoms with Crippen LogP contribution in [0.1, 0.15) is 11.1 Å². The van der Waals surface area contributed by atoms with Gasteiger partial charge < -0.3 is 10.2 Å². The lowest BCUT2D eigenvalue weighted by Crippen LogP contribution is -2.17. The molecule has 4 nitrogen and oxygen atoms in total. The number of aromatic nitrogens is 2. The molecule has 0 radical (unpaired) electrons. The molecule has 4 rings (SSSR count). The van der Waals surface area contributed by atoms with Crippen LogP contribution in [0, 0.1) is 0 Å². The molecule has 0 amide bonds. The van der Waals surface area contributed by atoms with E-state index in [2.05, 4.69) is 45.1 Å². The molecule has 1 aliphatic rings. The third-order valence-corrected chi connectivity index (χ3v) is 5.40. The van der Waals surface area contributed by atoms with Crippen LogP contribution >= 0.6 is 23.1 Å². The summed E-state index contributed by atoms with van der Waals surface area (Å²) in [6.07, 6.45) is 2.05. The molecule has 0 fully saturated rings. The summed E-state index contributed by atoms with van der Waals surface area (Å²) < 4.78 is 5.11. The van der Waals surface area contributed by atoms with Crippen LogP contribution in [0.2, 0.25) is 5.02 Å². The molecule has 0 spiro atoms. The summed E-state index contributed by atoms with van der Waals surface area (Å²) in [5, 5.41) is 8.37. The molecule has 0 unspecified atom stereocenters.